The van der Waals surface area contributed by atoms with Gasteiger partial charge in [0.25, 0.3) is 0 Å². The van der Waals surface area contributed by atoms with Crippen molar-refractivity contribution in [2.24, 2.45) is 0 Å². The second kappa shape index (κ2) is 6.42. The van der Waals surface area contributed by atoms with Crippen molar-refractivity contribution in [1.29, 1.82) is 0 Å². The van der Waals surface area contributed by atoms with Crippen LogP contribution in [0.15, 0.2) is 46.9 Å². The fourth-order valence-corrected chi connectivity index (χ4v) is 2.38. The first-order valence-electron chi connectivity index (χ1n) is 5.86. The normalized spacial score (nSPS) is 12.2. The van der Waals surface area contributed by atoms with Crippen molar-refractivity contribution in [3.8, 4) is 5.75 Å². The highest BCUT2D eigenvalue weighted by atomic mass is 79.9. The Morgan fingerprint density at radius 2 is 1.89 bits per heavy atom. The largest absolute Gasteiger partial charge is 0.496 e. The molecule has 0 amide bonds. The van der Waals surface area contributed by atoms with Gasteiger partial charge in [-0.1, -0.05) is 45.7 Å². The molecule has 0 aliphatic heterocycles. The molecule has 0 fully saturated rings. The summed E-state index contributed by atoms with van der Waals surface area (Å²) in [6, 6.07) is 13.1. The van der Waals surface area contributed by atoms with Crippen LogP contribution < -0.4 is 4.74 Å². The summed E-state index contributed by atoms with van der Waals surface area (Å²) in [6.07, 6.45) is -0.0842. The Balaban J connectivity index is 2.19. The molecule has 0 radical (unpaired) electrons. The Kier molecular flexibility index (Phi) is 4.86. The molecule has 1 N–H and O–H groups in total. The van der Waals surface area contributed by atoms with Crippen molar-refractivity contribution in [3.63, 3.8) is 0 Å². The Bertz CT molecular complexity index is 555. The van der Waals surface area contributed by atoms with E-state index in [4.69, 9.17) is 16.3 Å². The van der Waals surface area contributed by atoms with E-state index in [1.807, 2.05) is 42.5 Å². The van der Waals surface area contributed by atoms with E-state index in [1.54, 1.807) is 7.11 Å². The van der Waals surface area contributed by atoms with Gasteiger partial charge in [-0.15, -0.1) is 0 Å². The first-order chi connectivity index (χ1) is 9.10. The van der Waals surface area contributed by atoms with Crippen LogP contribution in [0.2, 0.25) is 5.02 Å². The molecular weight excluding hydrogens is 328 g/mol. The molecule has 2 rings (SSSR count). The molecule has 4 heteroatoms. The Morgan fingerprint density at radius 3 is 2.53 bits per heavy atom. The van der Waals surface area contributed by atoms with Gasteiger partial charge in [0.15, 0.2) is 0 Å². The number of hydrogen-bond donors (Lipinski definition) is 1. The molecule has 2 aromatic carbocycles. The lowest BCUT2D eigenvalue weighted by molar-refractivity contribution is 0.174. The zero-order valence-corrected chi connectivity index (χ0v) is 12.8. The second-order valence-corrected chi connectivity index (χ2v) is 5.58. The number of ether oxygens (including phenoxy) is 1. The highest BCUT2D eigenvalue weighted by Gasteiger charge is 2.14. The van der Waals surface area contributed by atoms with Gasteiger partial charge in [0.2, 0.25) is 0 Å². The lowest BCUT2D eigenvalue weighted by Gasteiger charge is -2.15. The van der Waals surface area contributed by atoms with Gasteiger partial charge in [-0.05, 0) is 29.8 Å². The maximum Gasteiger partial charge on any atom is 0.125 e. The standard InChI is InChI=1S/C15H14BrClO2/c1-19-15-9-11(16)4-7-13(15)14(18)8-10-2-5-12(17)6-3-10/h2-7,9,14,18H,8H2,1H3. The predicted molar refractivity (Wildman–Crippen MR) is 80.8 cm³/mol. The smallest absolute Gasteiger partial charge is 0.125 e. The summed E-state index contributed by atoms with van der Waals surface area (Å²) in [4.78, 5) is 0. The van der Waals surface area contributed by atoms with Crippen LogP contribution in [0.5, 0.6) is 5.75 Å². The molecule has 0 aromatic heterocycles. The van der Waals surface area contributed by atoms with E-state index >= 15 is 0 Å². The first kappa shape index (κ1) is 14.4. The number of aliphatic hydroxyl groups is 1. The lowest BCUT2D eigenvalue weighted by atomic mass is 10.0. The number of halogens is 2. The van der Waals surface area contributed by atoms with Crippen molar-refractivity contribution in [3.05, 3.63) is 63.1 Å². The van der Waals surface area contributed by atoms with Gasteiger partial charge in [0, 0.05) is 21.5 Å². The molecule has 0 saturated carbocycles. The second-order valence-electron chi connectivity index (χ2n) is 4.23. The molecule has 1 atom stereocenters. The van der Waals surface area contributed by atoms with Crippen molar-refractivity contribution < 1.29 is 9.84 Å². The molecule has 100 valence electrons. The van der Waals surface area contributed by atoms with Crippen LogP contribution in [0.3, 0.4) is 0 Å². The van der Waals surface area contributed by atoms with Gasteiger partial charge >= 0.3 is 0 Å². The van der Waals surface area contributed by atoms with Crippen molar-refractivity contribution in [2.75, 3.05) is 7.11 Å². The van der Waals surface area contributed by atoms with Crippen LogP contribution in [0.1, 0.15) is 17.2 Å². The summed E-state index contributed by atoms with van der Waals surface area (Å²) in [5.41, 5.74) is 1.81. The third-order valence-corrected chi connectivity index (χ3v) is 3.64. The van der Waals surface area contributed by atoms with E-state index in [-0.39, 0.29) is 0 Å². The van der Waals surface area contributed by atoms with Crippen LogP contribution in [-0.4, -0.2) is 12.2 Å². The molecule has 19 heavy (non-hydrogen) atoms. The molecule has 1 unspecified atom stereocenters. The van der Waals surface area contributed by atoms with Crippen LogP contribution in [0.4, 0.5) is 0 Å². The third-order valence-electron chi connectivity index (χ3n) is 2.90. The average molecular weight is 342 g/mol. The molecule has 0 bridgehead atoms. The number of methoxy groups -OCH3 is 1. The topological polar surface area (TPSA) is 29.5 Å². The van der Waals surface area contributed by atoms with E-state index in [0.717, 1.165) is 15.6 Å². The average Bonchev–Trinajstić information content (AvgIpc) is 2.41. The van der Waals surface area contributed by atoms with E-state index in [0.29, 0.717) is 17.2 Å². The molecule has 2 aromatic rings. The summed E-state index contributed by atoms with van der Waals surface area (Å²) < 4.78 is 6.22. The Morgan fingerprint density at radius 1 is 1.21 bits per heavy atom. The maximum absolute atomic E-state index is 10.3. The van der Waals surface area contributed by atoms with Gasteiger partial charge in [-0.3, -0.25) is 0 Å². The summed E-state index contributed by atoms with van der Waals surface area (Å²) in [5.74, 6) is 0.677. The number of hydrogen-bond acceptors (Lipinski definition) is 2. The van der Waals surface area contributed by atoms with Crippen LogP contribution >= 0.6 is 27.5 Å². The van der Waals surface area contributed by atoms with Crippen LogP contribution in [0.25, 0.3) is 0 Å². The zero-order valence-electron chi connectivity index (χ0n) is 10.4. The monoisotopic (exact) mass is 340 g/mol. The van der Waals surface area contributed by atoms with Gasteiger partial charge in [0.1, 0.15) is 5.75 Å². The van der Waals surface area contributed by atoms with Crippen LogP contribution in [0, 0.1) is 0 Å². The predicted octanol–water partition coefficient (Wildman–Crippen LogP) is 4.39. The zero-order chi connectivity index (χ0) is 13.8. The molecule has 2 nitrogen and oxygen atoms in total. The minimum atomic E-state index is -0.607. The van der Waals surface area contributed by atoms with E-state index < -0.39 is 6.10 Å². The summed E-state index contributed by atoms with van der Waals surface area (Å²) in [6.45, 7) is 0. The highest BCUT2D eigenvalue weighted by Crippen LogP contribution is 2.30. The number of rotatable bonds is 4. The lowest BCUT2D eigenvalue weighted by Crippen LogP contribution is -2.04. The van der Waals surface area contributed by atoms with Gasteiger partial charge < -0.3 is 9.84 Å². The number of benzene rings is 2. The molecular formula is C15H14BrClO2. The summed E-state index contributed by atoms with van der Waals surface area (Å²) >= 11 is 9.23. The third kappa shape index (κ3) is 3.72. The van der Waals surface area contributed by atoms with Crippen LogP contribution in [-0.2, 0) is 6.42 Å². The Labute approximate surface area is 126 Å². The molecule has 0 aliphatic rings. The van der Waals surface area contributed by atoms with E-state index in [1.165, 1.54) is 0 Å². The summed E-state index contributed by atoms with van der Waals surface area (Å²) in [5, 5.41) is 11.0. The quantitative estimate of drug-likeness (QED) is 0.894. The minimum absolute atomic E-state index is 0.523. The molecule has 0 saturated heterocycles. The minimum Gasteiger partial charge on any atom is -0.496 e. The van der Waals surface area contributed by atoms with Crippen molar-refractivity contribution >= 4 is 27.5 Å². The van der Waals surface area contributed by atoms with Crippen molar-refractivity contribution in [1.82, 2.24) is 0 Å². The molecule has 0 aliphatic carbocycles. The van der Waals surface area contributed by atoms with E-state index in [9.17, 15) is 5.11 Å². The van der Waals surface area contributed by atoms with Gasteiger partial charge in [-0.2, -0.15) is 0 Å². The Hall–Kier alpha value is -1.03. The fraction of sp³-hybridized carbons (Fsp3) is 0.200. The van der Waals surface area contributed by atoms with Gasteiger partial charge in [0.05, 0.1) is 13.2 Å². The van der Waals surface area contributed by atoms with Crippen molar-refractivity contribution in [2.45, 2.75) is 12.5 Å². The maximum atomic E-state index is 10.3. The molecule has 0 spiro atoms. The van der Waals surface area contributed by atoms with E-state index in [2.05, 4.69) is 15.9 Å². The van der Waals surface area contributed by atoms with Gasteiger partial charge in [-0.25, -0.2) is 0 Å². The molecule has 0 heterocycles. The SMILES string of the molecule is COc1cc(Br)ccc1C(O)Cc1ccc(Cl)cc1. The number of aliphatic hydroxyl groups excluding tert-OH is 1. The first-order valence-corrected chi connectivity index (χ1v) is 7.03. The highest BCUT2D eigenvalue weighted by molar-refractivity contribution is 9.10. The summed E-state index contributed by atoms with van der Waals surface area (Å²) in [7, 11) is 1.60. The fourth-order valence-electron chi connectivity index (χ4n) is 1.91.